The molecular formula is C19H16BrN3O2S. The Morgan fingerprint density at radius 3 is 2.65 bits per heavy atom. The average Bonchev–Trinajstić information content (AvgIpc) is 2.61. The summed E-state index contributed by atoms with van der Waals surface area (Å²) in [5.74, 6) is 0.318. The number of nitrogens with zero attached hydrogens (tertiary/aromatic N) is 2. The number of carbonyl (C=O) groups is 1. The van der Waals surface area contributed by atoms with Crippen molar-refractivity contribution in [3.8, 4) is 0 Å². The highest BCUT2D eigenvalue weighted by Gasteiger charge is 2.11. The van der Waals surface area contributed by atoms with Gasteiger partial charge >= 0.3 is 5.97 Å². The predicted molar refractivity (Wildman–Crippen MR) is 107 cm³/mol. The maximum absolute atomic E-state index is 11.4. The van der Waals surface area contributed by atoms with Crippen LogP contribution in [0.4, 0.5) is 11.5 Å². The number of nitrogens with one attached hydrogen (secondary N) is 1. The summed E-state index contributed by atoms with van der Waals surface area (Å²) < 4.78 is 1.05. The highest BCUT2D eigenvalue weighted by molar-refractivity contribution is 9.10. The van der Waals surface area contributed by atoms with Gasteiger partial charge in [0.05, 0.1) is 11.3 Å². The number of para-hydroxylation sites is 1. The lowest BCUT2D eigenvalue weighted by Gasteiger charge is -2.11. The number of rotatable bonds is 6. The number of halogens is 1. The van der Waals surface area contributed by atoms with Gasteiger partial charge in [-0.15, -0.1) is 0 Å². The van der Waals surface area contributed by atoms with Crippen molar-refractivity contribution in [1.82, 2.24) is 9.97 Å². The molecule has 7 heteroatoms. The van der Waals surface area contributed by atoms with Gasteiger partial charge in [0.25, 0.3) is 0 Å². The molecule has 0 aliphatic heterocycles. The summed E-state index contributed by atoms with van der Waals surface area (Å²) in [7, 11) is 0. The van der Waals surface area contributed by atoms with Gasteiger partial charge in [-0.3, -0.25) is 0 Å². The summed E-state index contributed by atoms with van der Waals surface area (Å²) in [5.41, 5.74) is 2.67. The Labute approximate surface area is 164 Å². The zero-order valence-electron chi connectivity index (χ0n) is 13.9. The molecule has 1 aromatic heterocycles. The molecule has 0 fully saturated rings. The molecule has 0 saturated heterocycles. The molecule has 0 atom stereocenters. The quantitative estimate of drug-likeness (QED) is 0.409. The second-order valence-electron chi connectivity index (χ2n) is 5.53. The molecule has 3 rings (SSSR count). The van der Waals surface area contributed by atoms with Gasteiger partial charge in [-0.1, -0.05) is 58.0 Å². The fourth-order valence-corrected chi connectivity index (χ4v) is 3.86. The Bertz CT molecular complexity index is 950. The number of thioether (sulfide) groups is 1. The summed E-state index contributed by atoms with van der Waals surface area (Å²) >= 11 is 5.07. The van der Waals surface area contributed by atoms with Gasteiger partial charge in [-0.2, -0.15) is 0 Å². The summed E-state index contributed by atoms with van der Waals surface area (Å²) in [6.45, 7) is 1.89. The van der Waals surface area contributed by atoms with Gasteiger partial charge in [-0.25, -0.2) is 14.8 Å². The first-order chi connectivity index (χ1) is 12.5. The second-order valence-corrected chi connectivity index (χ2v) is 7.33. The molecule has 1 heterocycles. The highest BCUT2D eigenvalue weighted by atomic mass is 79.9. The fraction of sp³-hybridized carbons (Fsp3) is 0.105. The number of aromatic carboxylic acids is 1. The number of aromatic nitrogens is 2. The van der Waals surface area contributed by atoms with Crippen LogP contribution < -0.4 is 5.32 Å². The van der Waals surface area contributed by atoms with Gasteiger partial charge in [-0.05, 0) is 30.7 Å². The minimum atomic E-state index is -0.984. The molecule has 0 saturated carbocycles. The third-order valence-corrected chi connectivity index (χ3v) is 5.24. The lowest BCUT2D eigenvalue weighted by Crippen LogP contribution is -2.04. The van der Waals surface area contributed by atoms with Crippen LogP contribution in [0.5, 0.6) is 0 Å². The summed E-state index contributed by atoms with van der Waals surface area (Å²) in [5, 5.41) is 13.0. The van der Waals surface area contributed by atoms with Crippen molar-refractivity contribution < 1.29 is 9.90 Å². The van der Waals surface area contributed by atoms with Crippen LogP contribution in [0, 0.1) is 6.92 Å². The number of benzene rings is 2. The van der Waals surface area contributed by atoms with E-state index in [0.29, 0.717) is 16.7 Å². The van der Waals surface area contributed by atoms with Gasteiger partial charge in [0.1, 0.15) is 5.82 Å². The molecule has 0 unspecified atom stereocenters. The van der Waals surface area contributed by atoms with E-state index in [2.05, 4.69) is 37.3 Å². The van der Waals surface area contributed by atoms with E-state index in [1.54, 1.807) is 30.3 Å². The van der Waals surface area contributed by atoms with Crippen LogP contribution >= 0.6 is 27.7 Å². The molecule has 0 radical (unpaired) electrons. The van der Waals surface area contributed by atoms with E-state index >= 15 is 0 Å². The van der Waals surface area contributed by atoms with Crippen LogP contribution in [0.2, 0.25) is 0 Å². The number of carboxylic acid groups (broad SMARTS) is 1. The van der Waals surface area contributed by atoms with E-state index in [1.165, 1.54) is 11.8 Å². The minimum Gasteiger partial charge on any atom is -0.478 e. The van der Waals surface area contributed by atoms with Crippen molar-refractivity contribution in [2.24, 2.45) is 0 Å². The third kappa shape index (κ3) is 4.62. The van der Waals surface area contributed by atoms with Gasteiger partial charge in [0.2, 0.25) is 0 Å². The maximum atomic E-state index is 11.4. The molecule has 3 aromatic rings. The van der Waals surface area contributed by atoms with E-state index in [0.717, 1.165) is 21.5 Å². The topological polar surface area (TPSA) is 75.1 Å². The monoisotopic (exact) mass is 429 g/mol. The molecule has 26 heavy (non-hydrogen) atoms. The normalized spacial score (nSPS) is 10.5. The zero-order chi connectivity index (χ0) is 18.5. The van der Waals surface area contributed by atoms with Gasteiger partial charge < -0.3 is 10.4 Å². The van der Waals surface area contributed by atoms with Crippen molar-refractivity contribution >= 4 is 45.2 Å². The maximum Gasteiger partial charge on any atom is 0.337 e. The van der Waals surface area contributed by atoms with Crippen LogP contribution in [0.1, 0.15) is 21.6 Å². The molecule has 0 amide bonds. The zero-order valence-corrected chi connectivity index (χ0v) is 16.3. The van der Waals surface area contributed by atoms with Crippen molar-refractivity contribution in [1.29, 1.82) is 0 Å². The number of hydrogen-bond acceptors (Lipinski definition) is 5. The minimum absolute atomic E-state index is 0.200. The summed E-state index contributed by atoms with van der Waals surface area (Å²) in [6.07, 6.45) is 0. The Hall–Kier alpha value is -2.38. The first-order valence-corrected chi connectivity index (χ1v) is 9.62. The number of anilines is 2. The predicted octanol–water partition coefficient (Wildman–Crippen LogP) is 5.28. The lowest BCUT2D eigenvalue weighted by atomic mass is 10.2. The SMILES string of the molecule is Cc1cc(Nc2ccccc2C(=O)O)nc(SCc2ccccc2Br)n1. The molecule has 2 aromatic carbocycles. The van der Waals surface area contributed by atoms with Crippen molar-refractivity contribution in [3.05, 3.63) is 75.9 Å². The molecule has 0 aliphatic carbocycles. The summed E-state index contributed by atoms with van der Waals surface area (Å²) in [4.78, 5) is 20.3. The lowest BCUT2D eigenvalue weighted by molar-refractivity contribution is 0.0698. The molecule has 0 spiro atoms. The van der Waals surface area contributed by atoms with E-state index in [-0.39, 0.29) is 5.56 Å². The molecule has 2 N–H and O–H groups in total. The first kappa shape index (κ1) is 18.4. The van der Waals surface area contributed by atoms with Crippen LogP contribution in [0.25, 0.3) is 0 Å². The third-order valence-electron chi connectivity index (χ3n) is 3.57. The Morgan fingerprint density at radius 2 is 1.88 bits per heavy atom. The van der Waals surface area contributed by atoms with Crippen LogP contribution in [-0.4, -0.2) is 21.0 Å². The molecule has 0 bridgehead atoms. The van der Waals surface area contributed by atoms with Gasteiger partial charge in [0, 0.05) is 22.0 Å². The molecule has 5 nitrogen and oxygen atoms in total. The van der Waals surface area contributed by atoms with Crippen molar-refractivity contribution in [3.63, 3.8) is 0 Å². The average molecular weight is 430 g/mol. The number of aryl methyl sites for hydroxylation is 1. The highest BCUT2D eigenvalue weighted by Crippen LogP contribution is 2.27. The van der Waals surface area contributed by atoms with E-state index in [9.17, 15) is 9.90 Å². The standard InChI is InChI=1S/C19H16BrN3O2S/c1-12-10-17(22-16-9-5-3-7-14(16)18(24)25)23-19(21-12)26-11-13-6-2-4-8-15(13)20/h2-10H,11H2,1H3,(H,24,25)(H,21,22,23). The van der Waals surface area contributed by atoms with Crippen molar-refractivity contribution in [2.75, 3.05) is 5.32 Å². The van der Waals surface area contributed by atoms with E-state index in [4.69, 9.17) is 0 Å². The van der Waals surface area contributed by atoms with Crippen molar-refractivity contribution in [2.45, 2.75) is 17.8 Å². The van der Waals surface area contributed by atoms with Crippen LogP contribution in [-0.2, 0) is 5.75 Å². The second kappa shape index (κ2) is 8.33. The fourth-order valence-electron chi connectivity index (χ4n) is 2.34. The van der Waals surface area contributed by atoms with Crippen LogP contribution in [0.15, 0.2) is 64.2 Å². The Morgan fingerprint density at radius 1 is 1.15 bits per heavy atom. The molecule has 132 valence electrons. The van der Waals surface area contributed by atoms with Crippen LogP contribution in [0.3, 0.4) is 0 Å². The number of hydrogen-bond donors (Lipinski definition) is 2. The Balaban J connectivity index is 1.80. The molecular weight excluding hydrogens is 414 g/mol. The largest absolute Gasteiger partial charge is 0.478 e. The smallest absolute Gasteiger partial charge is 0.337 e. The van der Waals surface area contributed by atoms with E-state index < -0.39 is 5.97 Å². The summed E-state index contributed by atoms with van der Waals surface area (Å²) in [6, 6.07) is 16.6. The molecule has 0 aliphatic rings. The number of carboxylic acids is 1. The first-order valence-electron chi connectivity index (χ1n) is 7.84. The van der Waals surface area contributed by atoms with E-state index in [1.807, 2.05) is 25.1 Å². The Kier molecular flexibility index (Phi) is 5.90. The van der Waals surface area contributed by atoms with Gasteiger partial charge in [0.15, 0.2) is 5.16 Å².